The Labute approximate surface area is 190 Å². The van der Waals surface area contributed by atoms with Crippen molar-refractivity contribution >= 4 is 48.6 Å². The van der Waals surface area contributed by atoms with Crippen molar-refractivity contribution in [3.05, 3.63) is 54.1 Å². The van der Waals surface area contributed by atoms with Crippen LogP contribution >= 0.6 is 0 Å². The van der Waals surface area contributed by atoms with Crippen LogP contribution in [0.25, 0.3) is 10.8 Å². The first kappa shape index (κ1) is 21.8. The summed E-state index contributed by atoms with van der Waals surface area (Å²) in [5.74, 6) is -0.139. The van der Waals surface area contributed by atoms with Gasteiger partial charge in [0.15, 0.2) is 5.75 Å². The fourth-order valence-corrected chi connectivity index (χ4v) is 5.93. The van der Waals surface area contributed by atoms with E-state index in [2.05, 4.69) is 4.99 Å². The highest BCUT2D eigenvalue weighted by Crippen LogP contribution is 2.55. The summed E-state index contributed by atoms with van der Waals surface area (Å²) in [5, 5.41) is 0.544. The molecule has 2 N–H and O–H groups in total. The average molecular weight is 489 g/mol. The van der Waals surface area contributed by atoms with Crippen LogP contribution in [0.3, 0.4) is 0 Å². The molecule has 5 rings (SSSR count). The van der Waals surface area contributed by atoms with Gasteiger partial charge in [-0.15, -0.1) is 0 Å². The van der Waals surface area contributed by atoms with Gasteiger partial charge in [-0.3, -0.25) is 14.1 Å². The van der Waals surface area contributed by atoms with E-state index in [1.54, 1.807) is 6.21 Å². The Bertz CT molecular complexity index is 1590. The molecule has 1 spiro atoms. The van der Waals surface area contributed by atoms with Gasteiger partial charge in [0, 0.05) is 18.1 Å². The van der Waals surface area contributed by atoms with Gasteiger partial charge in [0.05, 0.1) is 16.5 Å². The van der Waals surface area contributed by atoms with Crippen molar-refractivity contribution in [2.45, 2.75) is 34.8 Å². The lowest BCUT2D eigenvalue weighted by Crippen LogP contribution is -2.61. The van der Waals surface area contributed by atoms with Gasteiger partial charge in [-0.05, 0) is 49.1 Å². The molecule has 1 atom stereocenters. The van der Waals surface area contributed by atoms with E-state index >= 15 is 0 Å². The number of benzene rings is 3. The van der Waals surface area contributed by atoms with E-state index in [0.717, 1.165) is 23.4 Å². The Morgan fingerprint density at radius 2 is 1.67 bits per heavy atom. The van der Waals surface area contributed by atoms with E-state index in [4.69, 9.17) is 4.74 Å². The van der Waals surface area contributed by atoms with Crippen molar-refractivity contribution in [1.29, 1.82) is 0 Å². The highest BCUT2D eigenvalue weighted by atomic mass is 32.2. The van der Waals surface area contributed by atoms with Crippen LogP contribution in [-0.2, 0) is 25.7 Å². The SMILES string of the molecule is CN1c2ccccc2C(C)(C)C12C=Nc1c(c(S(=O)(=O)O)cc3cc(S(=O)(=O)O)ccc13)O2. The topological polar surface area (TPSA) is 134 Å². The number of likely N-dealkylation sites (N-methyl/N-ethyl adjacent to an activating group) is 1. The number of hydrogen-bond donors (Lipinski definition) is 2. The Morgan fingerprint density at radius 1 is 0.970 bits per heavy atom. The molecule has 3 aromatic rings. The molecule has 0 saturated heterocycles. The van der Waals surface area contributed by atoms with Gasteiger partial charge in [0.2, 0.25) is 5.72 Å². The number of hydrogen-bond acceptors (Lipinski definition) is 7. The maximum atomic E-state index is 12.3. The molecule has 0 aliphatic carbocycles. The predicted octanol–water partition coefficient (Wildman–Crippen LogP) is 3.55. The number of ether oxygens (including phenoxy) is 1. The van der Waals surface area contributed by atoms with Gasteiger partial charge >= 0.3 is 0 Å². The molecule has 33 heavy (non-hydrogen) atoms. The predicted molar refractivity (Wildman–Crippen MR) is 123 cm³/mol. The molecule has 3 aromatic carbocycles. The normalized spacial score (nSPS) is 21.2. The molecule has 0 aromatic heterocycles. The molecular weight excluding hydrogens is 468 g/mol. The first-order valence-electron chi connectivity index (χ1n) is 9.91. The van der Waals surface area contributed by atoms with Crippen LogP contribution in [0.5, 0.6) is 5.75 Å². The molecule has 2 aliphatic heterocycles. The molecule has 11 heteroatoms. The first-order valence-corrected chi connectivity index (χ1v) is 12.8. The second-order valence-electron chi connectivity index (χ2n) is 8.64. The van der Waals surface area contributed by atoms with Crippen LogP contribution in [0.15, 0.2) is 63.3 Å². The van der Waals surface area contributed by atoms with E-state index in [0.29, 0.717) is 5.39 Å². The standard InChI is InChI=1S/C22H20N2O7S2/c1-21(2)16-6-4-5-7-17(16)24(3)22(21)12-23-19-15-9-8-14(32(25,26)27)10-13(15)11-18(20(19)31-22)33(28,29)30/h4-12H,1-3H3,(H,25,26,27)(H,28,29,30). The monoisotopic (exact) mass is 488 g/mol. The van der Waals surface area contributed by atoms with E-state index in [1.165, 1.54) is 12.1 Å². The molecule has 0 radical (unpaired) electrons. The van der Waals surface area contributed by atoms with Crippen molar-refractivity contribution in [1.82, 2.24) is 0 Å². The number of aliphatic imine (C=N–C) groups is 1. The molecule has 0 fully saturated rings. The maximum absolute atomic E-state index is 12.3. The first-order chi connectivity index (χ1) is 15.3. The summed E-state index contributed by atoms with van der Waals surface area (Å²) in [6, 6.07) is 12.5. The zero-order valence-electron chi connectivity index (χ0n) is 17.8. The third-order valence-corrected chi connectivity index (χ3v) is 8.25. The van der Waals surface area contributed by atoms with Crippen molar-refractivity contribution in [2.75, 3.05) is 11.9 Å². The summed E-state index contributed by atoms with van der Waals surface area (Å²) in [6.07, 6.45) is 1.60. The molecule has 0 bridgehead atoms. The van der Waals surface area contributed by atoms with Crippen LogP contribution in [0, 0.1) is 0 Å². The summed E-state index contributed by atoms with van der Waals surface area (Å²) >= 11 is 0. The van der Waals surface area contributed by atoms with E-state index in [1.807, 2.05) is 50.1 Å². The molecule has 1 unspecified atom stereocenters. The van der Waals surface area contributed by atoms with Crippen molar-refractivity contribution < 1.29 is 30.7 Å². The Kier molecular flexibility index (Phi) is 4.32. The highest BCUT2D eigenvalue weighted by Gasteiger charge is 2.59. The fourth-order valence-electron chi connectivity index (χ4n) is 4.76. The summed E-state index contributed by atoms with van der Waals surface area (Å²) in [5.41, 5.74) is 0.164. The average Bonchev–Trinajstić information content (AvgIpc) is 2.90. The highest BCUT2D eigenvalue weighted by molar-refractivity contribution is 7.86. The van der Waals surface area contributed by atoms with Crippen molar-refractivity contribution in [3.63, 3.8) is 0 Å². The minimum Gasteiger partial charge on any atom is -0.458 e. The Balaban J connectivity index is 1.80. The number of anilines is 1. The zero-order chi connectivity index (χ0) is 24.0. The van der Waals surface area contributed by atoms with Crippen LogP contribution in [0.1, 0.15) is 19.4 Å². The summed E-state index contributed by atoms with van der Waals surface area (Å²) in [7, 11) is -7.49. The third kappa shape index (κ3) is 2.93. The number of rotatable bonds is 2. The minimum absolute atomic E-state index is 0.132. The fraction of sp³-hybridized carbons (Fsp3) is 0.227. The minimum atomic E-state index is -4.78. The number of fused-ring (bicyclic) bond motifs is 4. The zero-order valence-corrected chi connectivity index (χ0v) is 19.5. The van der Waals surface area contributed by atoms with Crippen LogP contribution in [0.2, 0.25) is 0 Å². The lowest BCUT2D eigenvalue weighted by atomic mass is 9.77. The van der Waals surface area contributed by atoms with Crippen LogP contribution < -0.4 is 9.64 Å². The second kappa shape index (κ2) is 6.54. The van der Waals surface area contributed by atoms with Crippen molar-refractivity contribution in [2.24, 2.45) is 4.99 Å². The van der Waals surface area contributed by atoms with E-state index < -0.39 is 41.2 Å². The summed E-state index contributed by atoms with van der Waals surface area (Å²) < 4.78 is 73.6. The smallest absolute Gasteiger partial charge is 0.298 e. The van der Waals surface area contributed by atoms with Crippen LogP contribution in [-0.4, -0.2) is 44.9 Å². The Hall–Kier alpha value is -2.99. The second-order valence-corrected chi connectivity index (χ2v) is 11.5. The third-order valence-electron chi connectivity index (χ3n) is 6.54. The maximum Gasteiger partial charge on any atom is 0.298 e. The molecule has 0 saturated carbocycles. The lowest BCUT2D eigenvalue weighted by Gasteiger charge is -2.45. The van der Waals surface area contributed by atoms with Gasteiger partial charge in [0.25, 0.3) is 20.2 Å². The van der Waals surface area contributed by atoms with Crippen molar-refractivity contribution in [3.8, 4) is 5.75 Å². The molecule has 172 valence electrons. The number of para-hydroxylation sites is 1. The summed E-state index contributed by atoms with van der Waals surface area (Å²) in [4.78, 5) is 5.48. The van der Waals surface area contributed by atoms with E-state index in [-0.39, 0.29) is 16.8 Å². The Morgan fingerprint density at radius 3 is 2.30 bits per heavy atom. The van der Waals surface area contributed by atoms with Gasteiger partial charge in [0.1, 0.15) is 10.6 Å². The van der Waals surface area contributed by atoms with Gasteiger partial charge in [-0.2, -0.15) is 16.8 Å². The van der Waals surface area contributed by atoms with Crippen LogP contribution in [0.4, 0.5) is 11.4 Å². The van der Waals surface area contributed by atoms with Gasteiger partial charge < -0.3 is 9.64 Å². The summed E-state index contributed by atoms with van der Waals surface area (Å²) in [6.45, 7) is 3.91. The quantitative estimate of drug-likeness (QED) is 0.523. The van der Waals surface area contributed by atoms with Gasteiger partial charge in [-0.25, -0.2) is 0 Å². The number of nitrogens with zero attached hydrogens (tertiary/aromatic N) is 2. The molecule has 2 heterocycles. The van der Waals surface area contributed by atoms with E-state index in [9.17, 15) is 25.9 Å². The largest absolute Gasteiger partial charge is 0.458 e. The molecule has 9 nitrogen and oxygen atoms in total. The molecule has 2 aliphatic rings. The molecular formula is C22H20N2O7S2. The van der Waals surface area contributed by atoms with Gasteiger partial charge in [-0.1, -0.05) is 24.3 Å². The molecule has 0 amide bonds. The lowest BCUT2D eigenvalue weighted by molar-refractivity contribution is 0.0791.